The van der Waals surface area contributed by atoms with Gasteiger partial charge in [-0.1, -0.05) is 67.7 Å². The first kappa shape index (κ1) is 116. The number of nitrogens with zero attached hydrogens (tertiary/aromatic N) is 8. The van der Waals surface area contributed by atoms with Crippen molar-refractivity contribution in [2.75, 3.05) is 48.3 Å². The van der Waals surface area contributed by atoms with Gasteiger partial charge in [0.2, 0.25) is 0 Å². The molecule has 48 nitrogen and oxygen atoms in total. The fourth-order valence-corrected chi connectivity index (χ4v) is 12.4. The second kappa shape index (κ2) is 55.0. The highest BCUT2D eigenvalue weighted by molar-refractivity contribution is 5.78. The molecule has 4 aliphatic rings. The summed E-state index contributed by atoms with van der Waals surface area (Å²) in [5.74, 6) is -15.0. The highest BCUT2D eigenvalue weighted by Crippen LogP contribution is 2.41. The van der Waals surface area contributed by atoms with Crippen molar-refractivity contribution in [2.24, 2.45) is 0 Å². The van der Waals surface area contributed by atoms with E-state index in [2.05, 4.69) is 34.1 Å². The molecule has 0 aliphatic carbocycles. The van der Waals surface area contributed by atoms with Gasteiger partial charge in [0.1, 0.15) is 57.3 Å². The second-order valence-electron chi connectivity index (χ2n) is 29.5. The number of hydrogen-bond donors (Lipinski definition) is 8. The van der Waals surface area contributed by atoms with Crippen LogP contribution in [0.3, 0.4) is 0 Å². The Morgan fingerprint density at radius 3 is 0.884 bits per heavy atom. The minimum atomic E-state index is -5.63. The van der Waals surface area contributed by atoms with E-state index >= 15 is 0 Å². The summed E-state index contributed by atoms with van der Waals surface area (Å²) in [4.78, 5) is 206. The molecule has 0 amide bonds. The molecular weight excluding hydrogens is 1910 g/mol. The van der Waals surface area contributed by atoms with E-state index in [0.717, 1.165) is 70.6 Å². The van der Waals surface area contributed by atoms with Crippen LogP contribution in [0.2, 0.25) is 0 Å². The molecule has 772 valence electrons. The molecule has 60 heteroatoms. The van der Waals surface area contributed by atoms with Crippen LogP contribution in [0, 0.1) is 0 Å². The number of carbonyl (C=O) groups excluding carboxylic acids is 12. The number of halogens is 12. The normalized spacial score (nSPS) is 22.0. The maximum Gasteiger partial charge on any atom is 0.490 e. The topological polar surface area (TPSA) is 621 Å². The molecule has 0 spiro atoms. The molecule has 16 atom stereocenters. The van der Waals surface area contributed by atoms with Crippen molar-refractivity contribution in [3.63, 3.8) is 0 Å². The van der Waals surface area contributed by atoms with Crippen LogP contribution >= 0.6 is 0 Å². The van der Waals surface area contributed by atoms with Gasteiger partial charge in [-0.25, -0.2) is 28.8 Å². The lowest BCUT2D eigenvalue weighted by Gasteiger charge is -2.25. The molecule has 0 aromatic carbocycles. The van der Waals surface area contributed by atoms with Crippen LogP contribution in [0.1, 0.15) is 196 Å². The van der Waals surface area contributed by atoms with Gasteiger partial charge in [0.25, 0.3) is 0 Å². The van der Waals surface area contributed by atoms with Crippen LogP contribution in [-0.4, -0.2) is 255 Å². The fourth-order valence-electron chi connectivity index (χ4n) is 12.4. The maximum absolute atomic E-state index is 12.8. The van der Waals surface area contributed by atoms with Gasteiger partial charge in [-0.2, -0.15) is 72.6 Å². The number of unbranched alkanes of at least 4 members (excludes halogenated alkanes) is 3. The van der Waals surface area contributed by atoms with E-state index in [9.17, 15) is 129 Å². The van der Waals surface area contributed by atoms with Crippen molar-refractivity contribution in [1.29, 1.82) is 0 Å². The van der Waals surface area contributed by atoms with Crippen LogP contribution in [-0.2, 0) is 133 Å². The number of nitrogens with one attached hydrogen (secondary N) is 4. The summed E-state index contributed by atoms with van der Waals surface area (Å²) in [5.41, 5.74) is 2.44. The summed E-state index contributed by atoms with van der Waals surface area (Å²) in [7, 11) is 0. The monoisotopic (exact) mass is 2010 g/mol. The van der Waals surface area contributed by atoms with Gasteiger partial charge in [0.05, 0.1) is 12.8 Å². The molecule has 0 saturated carbocycles. The number of alkyl halides is 12. The summed E-state index contributed by atoms with van der Waals surface area (Å²) in [6.07, 6.45) is -40.6. The molecular formula is C78H100F12N12O36. The molecule has 0 unspecified atom stereocenters. The summed E-state index contributed by atoms with van der Waals surface area (Å²) < 4.78 is 238. The van der Waals surface area contributed by atoms with E-state index in [1.807, 2.05) is 20.8 Å². The highest BCUT2D eigenvalue weighted by atomic mass is 19.4. The van der Waals surface area contributed by atoms with Gasteiger partial charge in [-0.3, -0.25) is 109 Å². The molecule has 4 aliphatic heterocycles. The molecule has 8 N–H and O–H groups in total. The predicted molar refractivity (Wildman–Crippen MR) is 427 cm³/mol. The van der Waals surface area contributed by atoms with Gasteiger partial charge < -0.3 is 75.8 Å². The number of aromatic nitrogens is 8. The Bertz CT molecular complexity index is 4990. The van der Waals surface area contributed by atoms with Crippen LogP contribution < -0.4 is 44.7 Å². The maximum atomic E-state index is 12.8. The number of carbonyl (C=O) groups is 12. The van der Waals surface area contributed by atoms with Gasteiger partial charge in [0, 0.05) is 76.7 Å². The van der Waals surface area contributed by atoms with E-state index in [-0.39, 0.29) is 69.0 Å². The SMILES string of the molecule is CC(=O)OC[C@H]1O[C@@H](n2ccc(NO)nc2=O)[C@H](OC(=O)C(F)(F)F)[C@@H]1OC(=O)C(F)(F)F.CCC(=O)OC[C@H]1O[C@@H](n2ccc(NO)nc2=O)[C@H](OC(=O)CC(F)(F)F)[C@@H]1OC(=O)CC.CCCC(=O)OC[C@H]1O[C@@H](n2ccc(NO)nc2=O)[C@H](OC(=O)CCC(F)(F)F)[C@@H]1OC(=O)CCC.CCCCC(=O)OC[C@H]1O[C@@H](n2ccc(NO)nc2=O)[C@H](OC(=O)CCCC)[C@@H]1OC(=O)CCCC. The summed E-state index contributed by atoms with van der Waals surface area (Å²) in [6, 6.07) is 4.50. The van der Waals surface area contributed by atoms with Crippen LogP contribution in [0.25, 0.3) is 0 Å². The molecule has 0 bridgehead atoms. The highest BCUT2D eigenvalue weighted by Gasteiger charge is 2.59. The van der Waals surface area contributed by atoms with Crippen LogP contribution in [0.5, 0.6) is 0 Å². The standard InChI is InChI=1S/C24H37N3O9.C21H28F3N3O9.C18H22F3N3O9.C15H13F6N3O9/c1-4-7-10-18(28)33-15-16-21(35-19(29)11-8-5-2)22(36-20(30)12-9-6-3)23(34-16)27-14-13-17(26-32)25-24(27)31;1-3-5-14(28)33-11-12-17(35-15(29)6-4-2)18(36-16(30)7-9-21(22,23)24)19(34-12)27-10-8-13(26-32)25-20(27)31;1-3-11(25)30-8-9-14(32-12(26)4-2)15(33-13(27)7-18(19,20)21)16(31-9)24-6-5-10(23-29)22-17(24)28;1-5(25)30-4-6-8(32-11(26)14(16,17)18)9(33-12(27)15(19,20)21)10(31-6)24-3-2-7(23-29)22-13(24)28/h13-14,16,21-23,32H,4-12,15H2,1-3H3,(H,25,26,31);8,10,12,17-19,32H,3-7,9,11H2,1-2H3,(H,25,26,31);5-6,9,14-16,29H,3-4,7-8H2,1-2H3,(H,22,23,28);2-3,6,8-10,29H,4H2,1H3,(H,22,23,28)/t16-,21-,22-,23-;12-,17-,18-,19-;9-,14-,15-,16-;6-,8-,9-,10-/m1111/s1. The predicted octanol–water partition coefficient (Wildman–Crippen LogP) is 6.66. The minimum absolute atomic E-state index is 0.00143. The van der Waals surface area contributed by atoms with E-state index in [0.29, 0.717) is 36.7 Å². The van der Waals surface area contributed by atoms with Gasteiger partial charge in [0.15, 0.2) is 97.0 Å². The Morgan fingerprint density at radius 2 is 0.594 bits per heavy atom. The Kier molecular flexibility index (Phi) is 46.1. The van der Waals surface area contributed by atoms with Crippen molar-refractivity contribution in [3.05, 3.63) is 91.0 Å². The Morgan fingerprint density at radius 1 is 0.333 bits per heavy atom. The third kappa shape index (κ3) is 36.6. The third-order valence-corrected chi connectivity index (χ3v) is 18.9. The average molecular weight is 2010 g/mol. The largest absolute Gasteiger partial charge is 0.490 e. The van der Waals surface area contributed by atoms with Crippen LogP contribution in [0.15, 0.2) is 68.2 Å². The first-order valence-corrected chi connectivity index (χ1v) is 42.0. The van der Waals surface area contributed by atoms with Crippen molar-refractivity contribution >= 4 is 94.9 Å². The van der Waals surface area contributed by atoms with E-state index in [1.54, 1.807) is 30.3 Å². The van der Waals surface area contributed by atoms with Crippen LogP contribution in [0.4, 0.5) is 76.0 Å². The second-order valence-corrected chi connectivity index (χ2v) is 29.5. The third-order valence-electron chi connectivity index (χ3n) is 18.9. The minimum Gasteiger partial charge on any atom is -0.463 e. The first-order valence-electron chi connectivity index (χ1n) is 42.0. The zero-order valence-corrected chi connectivity index (χ0v) is 74.4. The zero-order chi connectivity index (χ0) is 103. The lowest BCUT2D eigenvalue weighted by molar-refractivity contribution is -0.221. The van der Waals surface area contributed by atoms with E-state index in [4.69, 9.17) is 82.4 Å². The van der Waals surface area contributed by atoms with Gasteiger partial charge >= 0.3 is 119 Å². The molecule has 138 heavy (non-hydrogen) atoms. The first-order chi connectivity index (χ1) is 64.9. The van der Waals surface area contributed by atoms with E-state index in [1.165, 1.54) is 37.7 Å². The fraction of sp³-hybridized carbons (Fsp3) is 0.641. The van der Waals surface area contributed by atoms with Crippen molar-refractivity contribution in [2.45, 2.75) is 294 Å². The number of ether oxygens (including phenoxy) is 16. The number of anilines is 4. The molecule has 0 radical (unpaired) electrons. The average Bonchev–Trinajstić information content (AvgIpc) is 1.64. The molecule has 4 aromatic heterocycles. The number of hydrogen-bond acceptors (Lipinski definition) is 44. The summed E-state index contributed by atoms with van der Waals surface area (Å²) in [6.45, 7) is 10.9. The summed E-state index contributed by atoms with van der Waals surface area (Å²) >= 11 is 0. The van der Waals surface area contributed by atoms with Crippen molar-refractivity contribution in [3.8, 4) is 0 Å². The summed E-state index contributed by atoms with van der Waals surface area (Å²) in [5, 5.41) is 35.6. The van der Waals surface area contributed by atoms with Gasteiger partial charge in [-0.15, -0.1) is 0 Å². The van der Waals surface area contributed by atoms with Crippen molar-refractivity contribution < 1.29 is 207 Å². The number of esters is 12. The Balaban J connectivity index is 0.000000325. The molecule has 4 saturated heterocycles. The Labute approximate surface area is 770 Å². The lowest BCUT2D eigenvalue weighted by atomic mass is 10.1. The number of rotatable bonds is 42. The van der Waals surface area contributed by atoms with Crippen molar-refractivity contribution in [1.82, 2.24) is 38.2 Å². The lowest BCUT2D eigenvalue weighted by Crippen LogP contribution is -2.46. The zero-order valence-electron chi connectivity index (χ0n) is 74.4. The van der Waals surface area contributed by atoms with E-state index < -0.39 is 262 Å². The Hall–Kier alpha value is -12.8. The molecule has 8 rings (SSSR count). The molecule has 4 aromatic rings. The quantitative estimate of drug-likeness (QED) is 0.00994. The van der Waals surface area contributed by atoms with Gasteiger partial charge in [-0.05, 0) is 56.4 Å². The molecule has 8 heterocycles. The molecule has 4 fully saturated rings. The smallest absolute Gasteiger partial charge is 0.463 e.